The maximum Gasteiger partial charge on any atom is 0.273 e. The standard InChI is InChI=1S/C20H20N6O3/c21-12-20(29)7-9-26(18(20)28)14-4-8-23-16(10-14)25-15-3-2-13(11-24-15)19(17(22)27)5-1-6-19/h2-4,8,10-11,29H,1,5-7,9H2,(H2,22,27)(H,23,24,25)/t20-/m0/s1. The van der Waals surface area contributed by atoms with Crippen molar-refractivity contribution >= 4 is 29.1 Å². The van der Waals surface area contributed by atoms with Gasteiger partial charge in [-0.05, 0) is 30.5 Å². The van der Waals surface area contributed by atoms with Gasteiger partial charge in [-0.1, -0.05) is 12.5 Å². The van der Waals surface area contributed by atoms with E-state index in [-0.39, 0.29) is 18.9 Å². The molecule has 1 aliphatic carbocycles. The second-order valence-electron chi connectivity index (χ2n) is 7.44. The first-order chi connectivity index (χ1) is 13.9. The number of anilines is 3. The highest BCUT2D eigenvalue weighted by molar-refractivity contribution is 6.03. The van der Waals surface area contributed by atoms with Gasteiger partial charge < -0.3 is 21.1 Å². The molecule has 1 atom stereocenters. The Balaban J connectivity index is 1.51. The van der Waals surface area contributed by atoms with Gasteiger partial charge >= 0.3 is 0 Å². The highest BCUT2D eigenvalue weighted by Crippen LogP contribution is 2.43. The average molecular weight is 392 g/mol. The molecule has 2 fully saturated rings. The van der Waals surface area contributed by atoms with Gasteiger partial charge in [0.1, 0.15) is 17.7 Å². The zero-order valence-electron chi connectivity index (χ0n) is 15.6. The van der Waals surface area contributed by atoms with Crippen molar-refractivity contribution in [3.8, 4) is 6.07 Å². The van der Waals surface area contributed by atoms with E-state index in [0.717, 1.165) is 24.8 Å². The number of hydrogen-bond donors (Lipinski definition) is 3. The SMILES string of the molecule is N#C[C@@]1(O)CCN(c2ccnc(Nc3ccc(C4(C(N)=O)CCC4)cn3)c2)C1=O. The second kappa shape index (κ2) is 6.83. The molecule has 0 aromatic carbocycles. The van der Waals surface area contributed by atoms with E-state index in [9.17, 15) is 14.7 Å². The summed E-state index contributed by atoms with van der Waals surface area (Å²) in [5, 5.41) is 22.1. The van der Waals surface area contributed by atoms with Gasteiger partial charge in [0, 0.05) is 37.1 Å². The third kappa shape index (κ3) is 3.07. The summed E-state index contributed by atoms with van der Waals surface area (Å²) in [4.78, 5) is 34.1. The highest BCUT2D eigenvalue weighted by Gasteiger charge is 2.46. The van der Waals surface area contributed by atoms with E-state index in [1.165, 1.54) is 11.1 Å². The molecule has 9 heteroatoms. The first-order valence-electron chi connectivity index (χ1n) is 9.33. The molecule has 9 nitrogen and oxygen atoms in total. The van der Waals surface area contributed by atoms with Crippen LogP contribution >= 0.6 is 0 Å². The number of carbonyl (C=O) groups excluding carboxylic acids is 2. The Labute approximate surface area is 167 Å². The predicted molar refractivity (Wildman–Crippen MR) is 104 cm³/mol. The Morgan fingerprint density at radius 3 is 2.59 bits per heavy atom. The number of hydrogen-bond acceptors (Lipinski definition) is 7. The molecule has 1 aliphatic heterocycles. The number of nitrogens with two attached hydrogens (primary N) is 1. The third-order valence-electron chi connectivity index (χ3n) is 5.79. The second-order valence-corrected chi connectivity index (χ2v) is 7.44. The van der Waals surface area contributed by atoms with Crippen molar-refractivity contribution in [1.29, 1.82) is 5.26 Å². The van der Waals surface area contributed by atoms with Crippen molar-refractivity contribution in [3.63, 3.8) is 0 Å². The normalized spacial score (nSPS) is 22.6. The molecular formula is C20H20N6O3. The van der Waals surface area contributed by atoms with Crippen molar-refractivity contribution < 1.29 is 14.7 Å². The van der Waals surface area contributed by atoms with E-state index >= 15 is 0 Å². The number of pyridine rings is 2. The number of amides is 2. The van der Waals surface area contributed by atoms with Crippen molar-refractivity contribution in [3.05, 3.63) is 42.2 Å². The maximum atomic E-state index is 12.3. The minimum atomic E-state index is -1.98. The molecule has 0 bridgehead atoms. The number of carbonyl (C=O) groups is 2. The predicted octanol–water partition coefficient (Wildman–Crippen LogP) is 1.12. The Kier molecular flexibility index (Phi) is 4.43. The van der Waals surface area contributed by atoms with Crippen LogP contribution in [0.3, 0.4) is 0 Å². The van der Waals surface area contributed by atoms with Crippen molar-refractivity contribution in [2.24, 2.45) is 5.73 Å². The van der Waals surface area contributed by atoms with Gasteiger partial charge in [-0.25, -0.2) is 9.97 Å². The lowest BCUT2D eigenvalue weighted by Gasteiger charge is -2.39. The van der Waals surface area contributed by atoms with Crippen LogP contribution in [0.15, 0.2) is 36.7 Å². The number of rotatable bonds is 5. The smallest absolute Gasteiger partial charge is 0.273 e. The Bertz CT molecular complexity index is 1010. The van der Waals surface area contributed by atoms with Gasteiger partial charge in [-0.3, -0.25) is 9.59 Å². The van der Waals surface area contributed by atoms with Gasteiger partial charge in [-0.2, -0.15) is 5.26 Å². The van der Waals surface area contributed by atoms with Gasteiger partial charge in [0.05, 0.1) is 5.41 Å². The van der Waals surface area contributed by atoms with E-state index < -0.39 is 16.9 Å². The van der Waals surface area contributed by atoms with Crippen molar-refractivity contribution in [2.75, 3.05) is 16.8 Å². The summed E-state index contributed by atoms with van der Waals surface area (Å²) in [5.74, 6) is 0.0138. The lowest BCUT2D eigenvalue weighted by atomic mass is 9.64. The van der Waals surface area contributed by atoms with Gasteiger partial charge in [0.25, 0.3) is 5.91 Å². The number of aromatic nitrogens is 2. The van der Waals surface area contributed by atoms with E-state index in [1.54, 1.807) is 30.5 Å². The molecule has 4 rings (SSSR count). The molecule has 2 aliphatic rings. The van der Waals surface area contributed by atoms with Crippen LogP contribution in [0.2, 0.25) is 0 Å². The molecule has 29 heavy (non-hydrogen) atoms. The zero-order chi connectivity index (χ0) is 20.6. The Morgan fingerprint density at radius 2 is 2.03 bits per heavy atom. The molecule has 3 heterocycles. The summed E-state index contributed by atoms with van der Waals surface area (Å²) < 4.78 is 0. The summed E-state index contributed by atoms with van der Waals surface area (Å²) in [6.45, 7) is 0.245. The van der Waals surface area contributed by atoms with Crippen LogP contribution in [-0.4, -0.2) is 39.0 Å². The number of nitriles is 1. The van der Waals surface area contributed by atoms with Crippen molar-refractivity contribution in [2.45, 2.75) is 36.7 Å². The lowest BCUT2D eigenvalue weighted by Crippen LogP contribution is -2.46. The van der Waals surface area contributed by atoms with Crippen LogP contribution in [-0.2, 0) is 15.0 Å². The van der Waals surface area contributed by atoms with Crippen LogP contribution in [0, 0.1) is 11.3 Å². The maximum absolute atomic E-state index is 12.3. The quantitative estimate of drug-likeness (QED) is 0.646. The molecule has 1 saturated carbocycles. The Morgan fingerprint density at radius 1 is 1.24 bits per heavy atom. The zero-order valence-corrected chi connectivity index (χ0v) is 15.6. The highest BCUT2D eigenvalue weighted by atomic mass is 16.3. The summed E-state index contributed by atoms with van der Waals surface area (Å²) in [7, 11) is 0. The number of nitrogens with one attached hydrogen (secondary N) is 1. The Hall–Kier alpha value is -3.51. The van der Waals surface area contributed by atoms with Crippen LogP contribution in [0.1, 0.15) is 31.2 Å². The first kappa shape index (κ1) is 18.8. The van der Waals surface area contributed by atoms with Gasteiger partial charge in [0.15, 0.2) is 0 Å². The molecule has 0 spiro atoms. The lowest BCUT2D eigenvalue weighted by molar-refractivity contribution is -0.128. The van der Waals surface area contributed by atoms with Gasteiger partial charge in [-0.15, -0.1) is 0 Å². The van der Waals surface area contributed by atoms with Crippen LogP contribution < -0.4 is 16.0 Å². The first-order valence-corrected chi connectivity index (χ1v) is 9.33. The van der Waals surface area contributed by atoms with E-state index in [2.05, 4.69) is 15.3 Å². The molecule has 1 saturated heterocycles. The van der Waals surface area contributed by atoms with Crippen LogP contribution in [0.25, 0.3) is 0 Å². The average Bonchev–Trinajstić information content (AvgIpc) is 2.98. The molecule has 2 aromatic rings. The largest absolute Gasteiger partial charge is 0.369 e. The molecule has 0 radical (unpaired) electrons. The molecule has 0 unspecified atom stereocenters. The minimum absolute atomic E-state index is 0.0536. The summed E-state index contributed by atoms with van der Waals surface area (Å²) in [6.07, 6.45) is 5.67. The summed E-state index contributed by atoms with van der Waals surface area (Å²) >= 11 is 0. The number of primary amides is 1. The van der Waals surface area contributed by atoms with Crippen LogP contribution in [0.5, 0.6) is 0 Å². The van der Waals surface area contributed by atoms with Crippen molar-refractivity contribution in [1.82, 2.24) is 9.97 Å². The fourth-order valence-corrected chi connectivity index (χ4v) is 3.80. The number of nitrogens with zero attached hydrogens (tertiary/aromatic N) is 4. The summed E-state index contributed by atoms with van der Waals surface area (Å²) in [5.41, 5.74) is 4.32. The fourth-order valence-electron chi connectivity index (χ4n) is 3.80. The van der Waals surface area contributed by atoms with E-state index in [0.29, 0.717) is 17.3 Å². The van der Waals surface area contributed by atoms with Crippen LogP contribution in [0.4, 0.5) is 17.3 Å². The molecule has 2 aromatic heterocycles. The number of aliphatic hydroxyl groups is 1. The van der Waals surface area contributed by atoms with E-state index in [4.69, 9.17) is 11.0 Å². The third-order valence-corrected chi connectivity index (χ3v) is 5.79. The molecular weight excluding hydrogens is 372 g/mol. The van der Waals surface area contributed by atoms with Gasteiger partial charge in [0.2, 0.25) is 11.5 Å². The van der Waals surface area contributed by atoms with E-state index in [1.807, 2.05) is 6.07 Å². The topological polar surface area (TPSA) is 145 Å². The molecule has 148 valence electrons. The molecule has 4 N–H and O–H groups in total. The molecule has 2 amide bonds. The minimum Gasteiger partial charge on any atom is -0.369 e. The fraction of sp³-hybridized carbons (Fsp3) is 0.350. The summed E-state index contributed by atoms with van der Waals surface area (Å²) in [6, 6.07) is 8.54. The monoisotopic (exact) mass is 392 g/mol.